The zero-order valence-corrected chi connectivity index (χ0v) is 7.32. The van der Waals surface area contributed by atoms with Crippen LogP contribution in [0, 0.1) is 5.92 Å². The van der Waals surface area contributed by atoms with Gasteiger partial charge in [0.05, 0.1) is 0 Å². The van der Waals surface area contributed by atoms with Gasteiger partial charge in [-0.05, 0) is 26.2 Å². The van der Waals surface area contributed by atoms with Crippen molar-refractivity contribution in [3.8, 4) is 0 Å². The summed E-state index contributed by atoms with van der Waals surface area (Å²) >= 11 is 0. The number of halogens is 3. The SMILES string of the molecule is CC1=CCCCC1C(=O)C(F)(F)F. The Morgan fingerprint density at radius 3 is 2.62 bits per heavy atom. The van der Waals surface area contributed by atoms with E-state index in [9.17, 15) is 18.0 Å². The van der Waals surface area contributed by atoms with Crippen LogP contribution in [0.1, 0.15) is 26.2 Å². The summed E-state index contributed by atoms with van der Waals surface area (Å²) in [5, 5.41) is 0. The molecule has 0 spiro atoms. The summed E-state index contributed by atoms with van der Waals surface area (Å²) < 4.78 is 36.1. The molecule has 0 radical (unpaired) electrons. The quantitative estimate of drug-likeness (QED) is 0.584. The average Bonchev–Trinajstić information content (AvgIpc) is 2.02. The van der Waals surface area contributed by atoms with E-state index in [2.05, 4.69) is 0 Å². The standard InChI is InChI=1S/C9H11F3O/c1-6-4-2-3-5-7(6)8(13)9(10,11)12/h4,7H,2-3,5H2,1H3. The van der Waals surface area contributed by atoms with Crippen LogP contribution in [-0.4, -0.2) is 12.0 Å². The lowest BCUT2D eigenvalue weighted by atomic mass is 9.85. The first kappa shape index (κ1) is 10.3. The van der Waals surface area contributed by atoms with Crippen molar-refractivity contribution in [1.29, 1.82) is 0 Å². The molecule has 0 aromatic carbocycles. The zero-order valence-electron chi connectivity index (χ0n) is 7.32. The highest BCUT2D eigenvalue weighted by Crippen LogP contribution is 2.31. The highest BCUT2D eigenvalue weighted by Gasteiger charge is 2.43. The molecule has 13 heavy (non-hydrogen) atoms. The molecule has 0 saturated heterocycles. The van der Waals surface area contributed by atoms with Crippen LogP contribution >= 0.6 is 0 Å². The van der Waals surface area contributed by atoms with Crippen molar-refractivity contribution in [2.24, 2.45) is 5.92 Å². The van der Waals surface area contributed by atoms with Gasteiger partial charge in [-0.1, -0.05) is 11.6 Å². The van der Waals surface area contributed by atoms with Crippen LogP contribution in [0.2, 0.25) is 0 Å². The van der Waals surface area contributed by atoms with Crippen LogP contribution in [0.15, 0.2) is 11.6 Å². The van der Waals surface area contributed by atoms with Crippen LogP contribution in [-0.2, 0) is 4.79 Å². The monoisotopic (exact) mass is 192 g/mol. The van der Waals surface area contributed by atoms with Crippen LogP contribution in [0.4, 0.5) is 13.2 Å². The molecule has 74 valence electrons. The van der Waals surface area contributed by atoms with Gasteiger partial charge in [-0.15, -0.1) is 0 Å². The maximum atomic E-state index is 12.0. The third-order valence-corrected chi connectivity index (χ3v) is 2.31. The lowest BCUT2D eigenvalue weighted by molar-refractivity contribution is -0.174. The highest BCUT2D eigenvalue weighted by molar-refractivity contribution is 5.88. The molecule has 1 aliphatic carbocycles. The number of hydrogen-bond acceptors (Lipinski definition) is 1. The number of allylic oxidation sites excluding steroid dienone is 2. The largest absolute Gasteiger partial charge is 0.450 e. The Kier molecular flexibility index (Phi) is 2.78. The van der Waals surface area contributed by atoms with Crippen molar-refractivity contribution < 1.29 is 18.0 Å². The van der Waals surface area contributed by atoms with Gasteiger partial charge in [0.2, 0.25) is 5.78 Å². The Hall–Kier alpha value is -0.800. The third-order valence-electron chi connectivity index (χ3n) is 2.31. The number of rotatable bonds is 1. The van der Waals surface area contributed by atoms with Gasteiger partial charge in [0.1, 0.15) is 0 Å². The van der Waals surface area contributed by atoms with Crippen LogP contribution < -0.4 is 0 Å². The van der Waals surface area contributed by atoms with Gasteiger partial charge in [-0.3, -0.25) is 4.79 Å². The molecule has 1 unspecified atom stereocenters. The lowest BCUT2D eigenvalue weighted by Crippen LogP contribution is -2.32. The molecule has 0 aromatic rings. The summed E-state index contributed by atoms with van der Waals surface area (Å²) in [6, 6.07) is 0. The Balaban J connectivity index is 2.77. The van der Waals surface area contributed by atoms with E-state index in [1.807, 2.05) is 0 Å². The number of hydrogen-bond donors (Lipinski definition) is 0. The van der Waals surface area contributed by atoms with Crippen molar-refractivity contribution >= 4 is 5.78 Å². The second-order valence-electron chi connectivity index (χ2n) is 3.29. The molecule has 0 aliphatic heterocycles. The van der Waals surface area contributed by atoms with Gasteiger partial charge in [0, 0.05) is 5.92 Å². The molecule has 0 N–H and O–H groups in total. The molecular formula is C9H11F3O. The van der Waals surface area contributed by atoms with Gasteiger partial charge in [0.15, 0.2) is 0 Å². The Labute approximate surface area is 74.6 Å². The van der Waals surface area contributed by atoms with E-state index >= 15 is 0 Å². The number of alkyl halides is 3. The minimum atomic E-state index is -4.68. The normalized spacial score (nSPS) is 24.0. The lowest BCUT2D eigenvalue weighted by Gasteiger charge is -2.21. The van der Waals surface area contributed by atoms with Gasteiger partial charge >= 0.3 is 6.18 Å². The summed E-state index contributed by atoms with van der Waals surface area (Å²) in [4.78, 5) is 10.9. The molecule has 4 heteroatoms. The number of ketones is 1. The summed E-state index contributed by atoms with van der Waals surface area (Å²) in [5.41, 5.74) is 0.563. The molecule has 0 amide bonds. The number of carbonyl (C=O) groups excluding carboxylic acids is 1. The van der Waals surface area contributed by atoms with E-state index in [0.29, 0.717) is 18.4 Å². The van der Waals surface area contributed by atoms with Crippen molar-refractivity contribution in [1.82, 2.24) is 0 Å². The first-order chi connectivity index (χ1) is 5.93. The summed E-state index contributed by atoms with van der Waals surface area (Å²) in [5.74, 6) is -2.52. The van der Waals surface area contributed by atoms with Crippen LogP contribution in [0.3, 0.4) is 0 Å². The Morgan fingerprint density at radius 1 is 1.54 bits per heavy atom. The summed E-state index contributed by atoms with van der Waals surface area (Å²) in [7, 11) is 0. The molecule has 0 saturated carbocycles. The van der Waals surface area contributed by atoms with E-state index in [1.54, 1.807) is 13.0 Å². The average molecular weight is 192 g/mol. The highest BCUT2D eigenvalue weighted by atomic mass is 19.4. The Bertz CT molecular complexity index is 240. The molecule has 1 nitrogen and oxygen atoms in total. The van der Waals surface area contributed by atoms with Crippen molar-refractivity contribution in [3.63, 3.8) is 0 Å². The fourth-order valence-corrected chi connectivity index (χ4v) is 1.56. The first-order valence-corrected chi connectivity index (χ1v) is 4.20. The molecule has 0 bridgehead atoms. The Morgan fingerprint density at radius 2 is 2.15 bits per heavy atom. The minimum absolute atomic E-state index is 0.334. The fourth-order valence-electron chi connectivity index (χ4n) is 1.56. The van der Waals surface area contributed by atoms with E-state index in [-0.39, 0.29) is 0 Å². The second-order valence-corrected chi connectivity index (χ2v) is 3.29. The molecule has 1 atom stereocenters. The first-order valence-electron chi connectivity index (χ1n) is 4.20. The predicted molar refractivity (Wildman–Crippen MR) is 42.2 cm³/mol. The zero-order chi connectivity index (χ0) is 10.1. The third kappa shape index (κ3) is 2.32. The van der Waals surface area contributed by atoms with Crippen LogP contribution in [0.5, 0.6) is 0 Å². The van der Waals surface area contributed by atoms with Gasteiger partial charge in [-0.2, -0.15) is 13.2 Å². The maximum Gasteiger partial charge on any atom is 0.450 e. The van der Waals surface area contributed by atoms with E-state index < -0.39 is 17.9 Å². The molecule has 0 heterocycles. The van der Waals surface area contributed by atoms with E-state index in [1.165, 1.54) is 0 Å². The molecule has 0 fully saturated rings. The van der Waals surface area contributed by atoms with Gasteiger partial charge in [-0.25, -0.2) is 0 Å². The van der Waals surface area contributed by atoms with Crippen molar-refractivity contribution in [2.45, 2.75) is 32.4 Å². The second kappa shape index (κ2) is 3.52. The summed E-state index contributed by atoms with van der Waals surface area (Å²) in [6.45, 7) is 1.59. The number of Topliss-reactive ketones (excluding diaryl/α,β-unsaturated/α-hetero) is 1. The summed E-state index contributed by atoms with van der Waals surface area (Å²) in [6.07, 6.45) is -1.17. The molecule has 1 aliphatic rings. The van der Waals surface area contributed by atoms with E-state index in [0.717, 1.165) is 6.42 Å². The topological polar surface area (TPSA) is 17.1 Å². The van der Waals surface area contributed by atoms with Crippen LogP contribution in [0.25, 0.3) is 0 Å². The van der Waals surface area contributed by atoms with Crippen molar-refractivity contribution in [2.75, 3.05) is 0 Å². The maximum absolute atomic E-state index is 12.0. The minimum Gasteiger partial charge on any atom is -0.289 e. The molecule has 0 aromatic heterocycles. The van der Waals surface area contributed by atoms with Gasteiger partial charge < -0.3 is 0 Å². The van der Waals surface area contributed by atoms with Gasteiger partial charge in [0.25, 0.3) is 0 Å². The molecular weight excluding hydrogens is 181 g/mol. The fraction of sp³-hybridized carbons (Fsp3) is 0.667. The van der Waals surface area contributed by atoms with Crippen molar-refractivity contribution in [3.05, 3.63) is 11.6 Å². The van der Waals surface area contributed by atoms with E-state index in [4.69, 9.17) is 0 Å². The predicted octanol–water partition coefficient (Wildman–Crippen LogP) is 2.86. The smallest absolute Gasteiger partial charge is 0.289 e. The number of carbonyl (C=O) groups is 1. The molecule has 1 rings (SSSR count).